The predicted molar refractivity (Wildman–Crippen MR) is 94.5 cm³/mol. The maximum atomic E-state index is 4.63. The first-order valence-electron chi connectivity index (χ1n) is 8.61. The van der Waals surface area contributed by atoms with Gasteiger partial charge in [-0.2, -0.15) is 0 Å². The van der Waals surface area contributed by atoms with Crippen LogP contribution in [0.3, 0.4) is 0 Å². The summed E-state index contributed by atoms with van der Waals surface area (Å²) in [7, 11) is 0. The van der Waals surface area contributed by atoms with Crippen LogP contribution in [-0.2, 0) is 0 Å². The first kappa shape index (κ1) is 14.9. The summed E-state index contributed by atoms with van der Waals surface area (Å²) in [5, 5.41) is 7.84. The summed E-state index contributed by atoms with van der Waals surface area (Å²) in [5.74, 6) is 1.82. The second-order valence-corrected chi connectivity index (χ2v) is 7.75. The summed E-state index contributed by atoms with van der Waals surface area (Å²) in [6, 6.07) is 9.04. The van der Waals surface area contributed by atoms with Gasteiger partial charge in [0.2, 0.25) is 0 Å². The SMILES string of the molecule is C[C@H]1CCCC[C@@H]1[NH+]1CNC(Nc2nc3ccccc3s2)=[NH+]C1. The maximum absolute atomic E-state index is 4.63. The molecule has 2 aromatic rings. The van der Waals surface area contributed by atoms with Crippen LogP contribution in [0.25, 0.3) is 10.2 Å². The Morgan fingerprint density at radius 2 is 2.17 bits per heavy atom. The molecule has 2 aliphatic rings. The molecule has 1 aliphatic heterocycles. The standard InChI is InChI=1S/C17H23N5S/c1-12-6-2-4-8-14(12)22-10-18-16(19-11-22)21-17-20-13-7-3-5-9-15(13)23-17/h3,5,7,9,12,14H,2,4,6,8,10-11H2,1H3,(H2,18,19,20,21)/p+2/t12-,14-/m0/s1. The van der Waals surface area contributed by atoms with Gasteiger partial charge in [0.05, 0.1) is 16.3 Å². The number of hydrogen-bond acceptors (Lipinski definition) is 4. The Morgan fingerprint density at radius 3 is 2.96 bits per heavy atom. The number of nitrogens with zero attached hydrogens (tertiary/aromatic N) is 1. The predicted octanol–water partition coefficient (Wildman–Crippen LogP) is 0.127. The third kappa shape index (κ3) is 3.19. The van der Waals surface area contributed by atoms with Crippen LogP contribution in [-0.4, -0.2) is 30.3 Å². The molecule has 122 valence electrons. The van der Waals surface area contributed by atoms with E-state index in [0.29, 0.717) is 0 Å². The molecule has 4 N–H and O–H groups in total. The summed E-state index contributed by atoms with van der Waals surface area (Å²) >= 11 is 1.69. The average molecular weight is 331 g/mol. The Balaban J connectivity index is 1.41. The van der Waals surface area contributed by atoms with Crippen molar-refractivity contribution >= 4 is 32.6 Å². The third-order valence-electron chi connectivity index (χ3n) is 5.15. The minimum atomic E-state index is 0.785. The highest BCUT2D eigenvalue weighted by atomic mass is 32.1. The van der Waals surface area contributed by atoms with E-state index in [4.69, 9.17) is 0 Å². The molecule has 2 heterocycles. The van der Waals surface area contributed by atoms with Gasteiger partial charge in [-0.3, -0.25) is 4.90 Å². The smallest absolute Gasteiger partial charge is 0.274 e. The van der Waals surface area contributed by atoms with Crippen molar-refractivity contribution in [3.05, 3.63) is 24.3 Å². The topological polar surface area (TPSA) is 55.4 Å². The van der Waals surface area contributed by atoms with E-state index < -0.39 is 0 Å². The second kappa shape index (κ2) is 6.45. The molecular weight excluding hydrogens is 306 g/mol. The van der Waals surface area contributed by atoms with Crippen LogP contribution in [0.2, 0.25) is 0 Å². The molecule has 4 rings (SSSR count). The molecule has 1 aromatic heterocycles. The molecular formula is C17H25N5S+2. The Bertz CT molecular complexity index is 677. The fourth-order valence-corrected chi connectivity index (χ4v) is 4.71. The van der Waals surface area contributed by atoms with Crippen molar-refractivity contribution in [2.24, 2.45) is 5.92 Å². The minimum Gasteiger partial charge on any atom is -0.274 e. The highest BCUT2D eigenvalue weighted by molar-refractivity contribution is 7.22. The van der Waals surface area contributed by atoms with Crippen LogP contribution in [0.1, 0.15) is 32.6 Å². The van der Waals surface area contributed by atoms with E-state index in [1.54, 1.807) is 16.2 Å². The lowest BCUT2D eigenvalue weighted by molar-refractivity contribution is -1.00. The molecule has 0 spiro atoms. The van der Waals surface area contributed by atoms with E-state index in [9.17, 15) is 0 Å². The molecule has 1 fully saturated rings. The summed E-state index contributed by atoms with van der Waals surface area (Å²) in [4.78, 5) is 9.76. The fraction of sp³-hybridized carbons (Fsp3) is 0.529. The monoisotopic (exact) mass is 331 g/mol. The zero-order chi connectivity index (χ0) is 15.6. The lowest BCUT2D eigenvalue weighted by atomic mass is 9.85. The molecule has 1 unspecified atom stereocenters. The lowest BCUT2D eigenvalue weighted by Gasteiger charge is -2.35. The van der Waals surface area contributed by atoms with Crippen molar-refractivity contribution < 1.29 is 9.89 Å². The molecule has 1 aliphatic carbocycles. The highest BCUT2D eigenvalue weighted by Gasteiger charge is 2.33. The molecule has 5 nitrogen and oxygen atoms in total. The number of hydrogen-bond donors (Lipinski definition) is 4. The number of aromatic nitrogens is 1. The molecule has 6 heteroatoms. The van der Waals surface area contributed by atoms with E-state index in [-0.39, 0.29) is 0 Å². The van der Waals surface area contributed by atoms with Crippen LogP contribution in [0, 0.1) is 5.92 Å². The van der Waals surface area contributed by atoms with E-state index >= 15 is 0 Å². The van der Waals surface area contributed by atoms with E-state index in [1.165, 1.54) is 30.4 Å². The fourth-order valence-electron chi connectivity index (χ4n) is 3.83. The molecule has 1 saturated carbocycles. The quantitative estimate of drug-likeness (QED) is 0.633. The molecule has 1 aromatic carbocycles. The van der Waals surface area contributed by atoms with Crippen molar-refractivity contribution in [2.75, 3.05) is 18.7 Å². The number of nitrogens with one attached hydrogen (secondary N) is 4. The van der Waals surface area contributed by atoms with E-state index in [2.05, 4.69) is 45.7 Å². The van der Waals surface area contributed by atoms with Crippen molar-refractivity contribution in [1.29, 1.82) is 0 Å². The van der Waals surface area contributed by atoms with Gasteiger partial charge in [0.25, 0.3) is 5.13 Å². The van der Waals surface area contributed by atoms with Crippen molar-refractivity contribution in [3.63, 3.8) is 0 Å². The van der Waals surface area contributed by atoms with Crippen LogP contribution >= 0.6 is 11.3 Å². The minimum absolute atomic E-state index is 0.785. The first-order valence-corrected chi connectivity index (χ1v) is 9.43. The normalized spacial score (nSPS) is 28.2. The Labute approximate surface area is 140 Å². The molecule has 0 bridgehead atoms. The van der Waals surface area contributed by atoms with Gasteiger partial charge >= 0.3 is 5.96 Å². The number of quaternary nitrogens is 1. The zero-order valence-corrected chi connectivity index (χ0v) is 14.4. The molecule has 23 heavy (non-hydrogen) atoms. The molecule has 3 atom stereocenters. The largest absolute Gasteiger partial charge is 0.359 e. The van der Waals surface area contributed by atoms with Crippen molar-refractivity contribution in [3.8, 4) is 0 Å². The Kier molecular flexibility index (Phi) is 4.18. The zero-order valence-electron chi connectivity index (χ0n) is 13.6. The number of benzene rings is 1. The summed E-state index contributed by atoms with van der Waals surface area (Å²) in [6.45, 7) is 4.37. The van der Waals surface area contributed by atoms with Crippen LogP contribution in [0.4, 0.5) is 5.13 Å². The Hall–Kier alpha value is -1.66. The summed E-state index contributed by atoms with van der Waals surface area (Å²) < 4.78 is 1.22. The summed E-state index contributed by atoms with van der Waals surface area (Å²) in [6.07, 6.45) is 5.54. The summed E-state index contributed by atoms with van der Waals surface area (Å²) in [5.41, 5.74) is 1.06. The number of guanidine groups is 1. The number of fused-ring (bicyclic) bond motifs is 1. The van der Waals surface area contributed by atoms with Gasteiger partial charge in [-0.15, -0.1) is 0 Å². The van der Waals surface area contributed by atoms with Crippen LogP contribution in [0.5, 0.6) is 0 Å². The number of anilines is 1. The van der Waals surface area contributed by atoms with Gasteiger partial charge in [0, 0.05) is 5.92 Å². The number of rotatable bonds is 2. The lowest BCUT2D eigenvalue weighted by Crippen LogP contribution is -3.27. The van der Waals surface area contributed by atoms with Gasteiger partial charge in [-0.25, -0.2) is 20.6 Å². The van der Waals surface area contributed by atoms with Crippen molar-refractivity contribution in [1.82, 2.24) is 10.3 Å². The van der Waals surface area contributed by atoms with Gasteiger partial charge in [-0.05, 0) is 31.4 Å². The maximum Gasteiger partial charge on any atom is 0.359 e. The van der Waals surface area contributed by atoms with E-state index in [1.807, 2.05) is 6.07 Å². The molecule has 0 saturated heterocycles. The van der Waals surface area contributed by atoms with Crippen LogP contribution < -0.4 is 20.5 Å². The molecule has 0 radical (unpaired) electrons. The average Bonchev–Trinajstić information content (AvgIpc) is 2.98. The second-order valence-electron chi connectivity index (χ2n) is 6.72. The first-order chi connectivity index (χ1) is 11.3. The highest BCUT2D eigenvalue weighted by Crippen LogP contribution is 2.25. The number of para-hydroxylation sites is 1. The Morgan fingerprint density at radius 1 is 1.30 bits per heavy atom. The van der Waals surface area contributed by atoms with Crippen LogP contribution in [0.15, 0.2) is 24.3 Å². The van der Waals surface area contributed by atoms with Gasteiger partial charge in [0.15, 0.2) is 13.3 Å². The third-order valence-corrected chi connectivity index (χ3v) is 6.10. The van der Waals surface area contributed by atoms with Crippen molar-refractivity contribution in [2.45, 2.75) is 38.6 Å². The van der Waals surface area contributed by atoms with Gasteiger partial charge in [0.1, 0.15) is 0 Å². The van der Waals surface area contributed by atoms with E-state index in [0.717, 1.165) is 41.9 Å². The van der Waals surface area contributed by atoms with Gasteiger partial charge in [-0.1, -0.05) is 36.8 Å². The van der Waals surface area contributed by atoms with Gasteiger partial charge < -0.3 is 0 Å². The molecule has 0 amide bonds. The number of thiazole rings is 1.